The average Bonchev–Trinajstić information content (AvgIpc) is 1.69. The summed E-state index contributed by atoms with van der Waals surface area (Å²) in [5.41, 5.74) is 19.3. The van der Waals surface area contributed by atoms with Crippen molar-refractivity contribution in [2.45, 2.75) is 152 Å². The Balaban J connectivity index is 0.000000133. The van der Waals surface area contributed by atoms with Gasteiger partial charge in [-0.15, -0.1) is 0 Å². The largest absolute Gasteiger partial charge is 0.497 e. The predicted molar refractivity (Wildman–Crippen MR) is 612 cm³/mol. The van der Waals surface area contributed by atoms with Crippen molar-refractivity contribution < 1.29 is 28.7 Å². The molecule has 784 valence electrons. The number of piperidine rings is 5. The van der Waals surface area contributed by atoms with Crippen LogP contribution in [0, 0.1) is 50.4 Å². The molecule has 10 aromatic carbocycles. The molecule has 15 aromatic rings. The molecule has 0 bridgehead atoms. The Labute approximate surface area is 888 Å². The number of aryl methyl sites for hydroxylation is 3. The van der Waals surface area contributed by atoms with Gasteiger partial charge in [-0.05, 0) is 308 Å². The van der Waals surface area contributed by atoms with Gasteiger partial charge in [0.1, 0.15) is 34.2 Å². The molecule has 0 spiro atoms. The molecule has 5 saturated heterocycles. The number of methoxy groups -OCH3 is 1. The first-order chi connectivity index (χ1) is 72.6. The lowest BCUT2D eigenvalue weighted by molar-refractivity contribution is 0.0674. The van der Waals surface area contributed by atoms with E-state index in [9.17, 15) is 24.0 Å². The molecule has 5 unspecified atom stereocenters. The third-order valence-corrected chi connectivity index (χ3v) is 31.3. The summed E-state index contributed by atoms with van der Waals surface area (Å²) in [4.78, 5) is 105. The molecule has 22 heteroatoms. The molecule has 0 radical (unpaired) electrons. The summed E-state index contributed by atoms with van der Waals surface area (Å²) in [6.07, 6.45) is 15.1. The number of halogens is 1. The molecule has 20 rings (SSSR count). The van der Waals surface area contributed by atoms with E-state index < -0.39 is 0 Å². The van der Waals surface area contributed by atoms with Crippen LogP contribution in [0.15, 0.2) is 273 Å². The number of aromatic nitrogens is 5. The smallest absolute Gasteiger partial charge is 0.270 e. The van der Waals surface area contributed by atoms with Crippen molar-refractivity contribution in [3.63, 3.8) is 0 Å². The van der Waals surface area contributed by atoms with E-state index in [2.05, 4.69) is 202 Å². The number of likely N-dealkylation sites (tertiary alicyclic amines) is 5. The van der Waals surface area contributed by atoms with Crippen LogP contribution in [0.25, 0.3) is 54.5 Å². The summed E-state index contributed by atoms with van der Waals surface area (Å²) in [7, 11) is 1.70. The monoisotopic (exact) mass is 2020 g/mol. The van der Waals surface area contributed by atoms with E-state index in [-0.39, 0.29) is 29.5 Å². The summed E-state index contributed by atoms with van der Waals surface area (Å²) >= 11 is 6.31. The lowest BCUT2D eigenvalue weighted by Crippen LogP contribution is -2.43. The van der Waals surface area contributed by atoms with Gasteiger partial charge in [-0.2, -0.15) is 0 Å². The van der Waals surface area contributed by atoms with E-state index in [0.29, 0.717) is 58.1 Å². The molecule has 10 heterocycles. The van der Waals surface area contributed by atoms with E-state index in [4.69, 9.17) is 16.3 Å². The van der Waals surface area contributed by atoms with Crippen molar-refractivity contribution in [2.75, 3.05) is 158 Å². The van der Waals surface area contributed by atoms with E-state index in [1.165, 1.54) is 122 Å². The van der Waals surface area contributed by atoms with E-state index in [1.54, 1.807) is 7.11 Å². The maximum absolute atomic E-state index is 13.1. The average molecular weight is 2030 g/mol. The summed E-state index contributed by atoms with van der Waals surface area (Å²) < 4.78 is 5.26. The quantitative estimate of drug-likeness (QED) is 0.0256. The van der Waals surface area contributed by atoms with Gasteiger partial charge >= 0.3 is 0 Å². The van der Waals surface area contributed by atoms with Gasteiger partial charge in [-0.1, -0.05) is 222 Å². The summed E-state index contributed by atoms with van der Waals surface area (Å²) in [5.74, 6) is 4.07. The number of para-hydroxylation sites is 5. The highest BCUT2D eigenvalue weighted by atomic mass is 35.5. The second-order valence-corrected chi connectivity index (χ2v) is 42.5. The first kappa shape index (κ1) is 109. The minimum atomic E-state index is 0.0981. The van der Waals surface area contributed by atoms with Gasteiger partial charge in [-0.3, -0.25) is 33.8 Å². The molecule has 5 fully saturated rings. The van der Waals surface area contributed by atoms with Crippen molar-refractivity contribution in [1.82, 2.24) is 73.9 Å². The zero-order valence-corrected chi connectivity index (χ0v) is 90.3. The number of rotatable bonds is 34. The third-order valence-electron chi connectivity index (χ3n) is 30.9. The molecule has 5 amide bonds. The van der Waals surface area contributed by atoms with Gasteiger partial charge in [-0.25, -0.2) is 0 Å². The molecule has 5 aromatic heterocycles. The molecule has 5 aliphatic rings. The molecule has 0 saturated carbocycles. The molecule has 0 aliphatic carbocycles. The highest BCUT2D eigenvalue weighted by molar-refractivity contribution is 6.31. The van der Waals surface area contributed by atoms with Crippen LogP contribution in [0.3, 0.4) is 0 Å². The first-order valence-electron chi connectivity index (χ1n) is 55.2. The number of hydrogen-bond donors (Lipinski definition) is 5. The van der Waals surface area contributed by atoms with E-state index >= 15 is 0 Å². The number of nitrogens with one attached hydrogen (secondary N) is 5. The number of carbonyl (C=O) groups excluding carboxylic acids is 5. The van der Waals surface area contributed by atoms with Crippen molar-refractivity contribution in [1.29, 1.82) is 0 Å². The van der Waals surface area contributed by atoms with Crippen molar-refractivity contribution in [3.05, 3.63) is 351 Å². The predicted octanol–water partition coefficient (Wildman–Crippen LogP) is 24.4. The number of H-pyrrole nitrogens is 5. The minimum Gasteiger partial charge on any atom is -0.497 e. The number of fused-ring (bicyclic) bond motifs is 5. The molecule has 21 nitrogen and oxygen atoms in total. The molecule has 5 aliphatic heterocycles. The van der Waals surface area contributed by atoms with Crippen LogP contribution in [-0.4, -0.2) is 261 Å². The minimum absolute atomic E-state index is 0.0981. The number of aromatic amines is 5. The molecule has 5 atom stereocenters. The second-order valence-electron chi connectivity index (χ2n) is 42.1. The SMILES string of the molecule is CCN(CC1CCCN(CCc2cccc(C)c2)C1)C(=O)c1cc2ccccc2[nH]1.CCN(CC1CCCN(CCc2cccc(C)c2)C1)C(=O)c1cc2ccccc2[nH]1.CCN(CC1CCCN(CCc2ccccc2Cl)C1)C(=O)c1cc2ccccc2[nH]1.CCN(CC1CCCN(Cc2ccc(C)cc2)C1)C(=O)c1cc2ccccc2[nH]1.CCN(CC1CCCN(Cc2ccc(OC)cc2)C1)C(=O)c1cc2ccccc2[nH]1. The molecular formula is C127H158ClN15O6. The Morgan fingerprint density at radius 3 is 0.846 bits per heavy atom. The number of ether oxygens (including phenoxy) is 1. The summed E-state index contributed by atoms with van der Waals surface area (Å²) in [6, 6.07) is 93.1. The van der Waals surface area contributed by atoms with Crippen molar-refractivity contribution in [3.8, 4) is 5.75 Å². The molecular weight excluding hydrogens is 1870 g/mol. The van der Waals surface area contributed by atoms with Gasteiger partial charge in [0.05, 0.1) is 7.11 Å². The van der Waals surface area contributed by atoms with E-state index in [1.807, 2.05) is 200 Å². The van der Waals surface area contributed by atoms with Crippen LogP contribution < -0.4 is 4.74 Å². The Kier molecular flexibility index (Phi) is 39.8. The zero-order valence-electron chi connectivity index (χ0n) is 89.5. The van der Waals surface area contributed by atoms with Crippen LogP contribution >= 0.6 is 11.6 Å². The Bertz CT molecular complexity index is 6470. The van der Waals surface area contributed by atoms with Crippen LogP contribution in [0.1, 0.15) is 196 Å². The Morgan fingerprint density at radius 2 is 0.564 bits per heavy atom. The van der Waals surface area contributed by atoms with Crippen LogP contribution in [0.4, 0.5) is 0 Å². The van der Waals surface area contributed by atoms with E-state index in [0.717, 1.165) is 235 Å². The number of benzene rings is 10. The van der Waals surface area contributed by atoms with Crippen molar-refractivity contribution in [2.24, 2.45) is 29.6 Å². The molecule has 149 heavy (non-hydrogen) atoms. The fourth-order valence-corrected chi connectivity index (χ4v) is 23.0. The van der Waals surface area contributed by atoms with Gasteiger partial charge in [0, 0.05) is 190 Å². The summed E-state index contributed by atoms with van der Waals surface area (Å²) in [6.45, 7) is 40.8. The Morgan fingerprint density at radius 1 is 0.295 bits per heavy atom. The number of carbonyl (C=O) groups is 5. The van der Waals surface area contributed by atoms with Crippen LogP contribution in [-0.2, 0) is 32.4 Å². The fraction of sp³-hybridized carbons (Fsp3) is 0.409. The van der Waals surface area contributed by atoms with Crippen molar-refractivity contribution >= 4 is 95.7 Å². The lowest BCUT2D eigenvalue weighted by atomic mass is 9.96. The zero-order chi connectivity index (χ0) is 104. The van der Waals surface area contributed by atoms with Crippen LogP contribution in [0.2, 0.25) is 5.02 Å². The maximum Gasteiger partial charge on any atom is 0.270 e. The Hall–Kier alpha value is -12.9. The fourth-order valence-electron chi connectivity index (χ4n) is 22.8. The normalized spacial score (nSPS) is 17.3. The maximum atomic E-state index is 13.1. The standard InChI is InChI=1S/2C26H33N3O.C25H30ClN3O.C25H31N3O2.C25H31N3O/c2*1-3-29(26(30)25-17-23-11-4-5-12-24(23)27-25)19-22-10-7-14-28(18-22)15-13-21-9-6-8-20(2)16-21;1-2-29(25(30)24-16-21-10-4-6-12-23(21)27-24)18-19-8-7-14-28(17-19)15-13-20-9-3-5-11-22(20)26;1-3-28(25(29)24-15-21-8-4-5-9-23(21)26-24)18-20-7-6-14-27(17-20)16-19-10-12-22(30-2)13-11-19;1-3-28(25(29)24-15-22-8-4-5-9-23(22)26-24)18-21-7-6-14-27(17-21)16-20-12-10-19(2)11-13-20/h2*4-6,8-9,11-12,16-17,22,27H,3,7,10,13-15,18-19H2,1-2H3;3-6,9-12,16,19,27H,2,7-8,13-15,17-18H2,1H3;4-5,8-13,15,20,26H,3,6-7,14,16-18H2,1-2H3;4-5,8-13,15,21,26H,3,6-7,14,16-18H2,1-2H3. The first-order valence-corrected chi connectivity index (χ1v) is 55.5. The third kappa shape index (κ3) is 31.0. The number of nitrogens with zero attached hydrogens (tertiary/aromatic N) is 10. The topological polar surface area (TPSA) is 206 Å². The molecule has 5 N–H and O–H groups in total. The van der Waals surface area contributed by atoms with Crippen LogP contribution in [0.5, 0.6) is 5.75 Å². The number of hydrogen-bond acceptors (Lipinski definition) is 11. The van der Waals surface area contributed by atoms with Gasteiger partial charge in [0.25, 0.3) is 29.5 Å². The van der Waals surface area contributed by atoms with Gasteiger partial charge in [0.2, 0.25) is 0 Å². The highest BCUT2D eigenvalue weighted by Gasteiger charge is 2.33. The second kappa shape index (κ2) is 54.5. The van der Waals surface area contributed by atoms with Gasteiger partial charge in [0.15, 0.2) is 0 Å². The highest BCUT2D eigenvalue weighted by Crippen LogP contribution is 2.31. The number of amides is 5. The van der Waals surface area contributed by atoms with Gasteiger partial charge < -0.3 is 68.9 Å². The summed E-state index contributed by atoms with van der Waals surface area (Å²) in [5, 5.41) is 6.30. The lowest BCUT2D eigenvalue weighted by Gasteiger charge is -2.35.